The van der Waals surface area contributed by atoms with Gasteiger partial charge in [-0.1, -0.05) is 36.4 Å². The maximum atomic E-state index is 6.05. The van der Waals surface area contributed by atoms with E-state index in [0.29, 0.717) is 6.61 Å². The lowest BCUT2D eigenvalue weighted by Crippen LogP contribution is -1.95. The topological polar surface area (TPSA) is 52.3 Å². The maximum absolute atomic E-state index is 6.05. The van der Waals surface area contributed by atoms with Crippen LogP contribution in [0.2, 0.25) is 5.28 Å². The van der Waals surface area contributed by atoms with Gasteiger partial charge in [-0.25, -0.2) is 14.5 Å². The zero-order valence-electron chi connectivity index (χ0n) is 15.9. The first-order valence-electron chi connectivity index (χ1n) is 9.51. The van der Waals surface area contributed by atoms with Crippen LogP contribution in [0.1, 0.15) is 5.56 Å². The Hall–Kier alpha value is -3.70. The fourth-order valence-corrected chi connectivity index (χ4v) is 3.52. The fourth-order valence-electron chi connectivity index (χ4n) is 3.38. The Bertz CT molecular complexity index is 1300. The summed E-state index contributed by atoms with van der Waals surface area (Å²) in [5.74, 6) is 0.804. The fraction of sp³-hybridized carbons (Fsp3) is 0.0417. The number of fused-ring (bicyclic) bond motifs is 1. The van der Waals surface area contributed by atoms with Gasteiger partial charge in [0.1, 0.15) is 18.1 Å². The molecule has 5 aromatic rings. The molecule has 0 atom stereocenters. The van der Waals surface area contributed by atoms with Crippen molar-refractivity contribution in [2.75, 3.05) is 0 Å². The van der Waals surface area contributed by atoms with Crippen LogP contribution in [0.5, 0.6) is 5.75 Å². The van der Waals surface area contributed by atoms with Crippen LogP contribution in [-0.2, 0) is 6.61 Å². The molecule has 146 valence electrons. The van der Waals surface area contributed by atoms with E-state index >= 15 is 0 Å². The summed E-state index contributed by atoms with van der Waals surface area (Å²) in [7, 11) is 0. The van der Waals surface area contributed by atoms with Gasteiger partial charge in [0.05, 0.1) is 16.8 Å². The summed E-state index contributed by atoms with van der Waals surface area (Å²) in [5.41, 5.74) is 5.52. The molecule has 0 aliphatic heterocycles. The SMILES string of the molecule is Clc1nccc(-c2c(-c3ccc(OCc4ccccc4)cc3)nn3ccccc23)n1. The van der Waals surface area contributed by atoms with Gasteiger partial charge in [0, 0.05) is 18.0 Å². The molecule has 0 saturated carbocycles. The van der Waals surface area contributed by atoms with Gasteiger partial charge in [-0.2, -0.15) is 5.10 Å². The summed E-state index contributed by atoms with van der Waals surface area (Å²) in [6.45, 7) is 0.527. The van der Waals surface area contributed by atoms with E-state index in [9.17, 15) is 0 Å². The van der Waals surface area contributed by atoms with Gasteiger partial charge < -0.3 is 4.74 Å². The van der Waals surface area contributed by atoms with Crippen molar-refractivity contribution in [1.29, 1.82) is 0 Å². The third-order valence-corrected chi connectivity index (χ3v) is 4.98. The molecule has 0 fully saturated rings. The van der Waals surface area contributed by atoms with Crippen LogP contribution < -0.4 is 4.74 Å². The molecule has 0 N–H and O–H groups in total. The Morgan fingerprint density at radius 1 is 0.867 bits per heavy atom. The van der Waals surface area contributed by atoms with E-state index in [4.69, 9.17) is 21.4 Å². The summed E-state index contributed by atoms with van der Waals surface area (Å²) in [6.07, 6.45) is 3.57. The molecule has 5 rings (SSSR count). The van der Waals surface area contributed by atoms with Crippen molar-refractivity contribution in [1.82, 2.24) is 19.6 Å². The van der Waals surface area contributed by atoms with E-state index in [1.54, 1.807) is 6.20 Å². The predicted octanol–water partition coefficient (Wildman–Crippen LogP) is 5.69. The third-order valence-electron chi connectivity index (χ3n) is 4.80. The van der Waals surface area contributed by atoms with Crippen molar-refractivity contribution in [2.45, 2.75) is 6.61 Å². The quantitative estimate of drug-likeness (QED) is 0.348. The number of pyridine rings is 1. The number of ether oxygens (including phenoxy) is 1. The Morgan fingerprint density at radius 3 is 2.47 bits per heavy atom. The van der Waals surface area contributed by atoms with E-state index in [-0.39, 0.29) is 5.28 Å². The molecule has 3 aromatic heterocycles. The lowest BCUT2D eigenvalue weighted by Gasteiger charge is -2.08. The van der Waals surface area contributed by atoms with Gasteiger partial charge in [0.2, 0.25) is 5.28 Å². The minimum atomic E-state index is 0.207. The molecule has 0 amide bonds. The Morgan fingerprint density at radius 2 is 1.67 bits per heavy atom. The highest BCUT2D eigenvalue weighted by Crippen LogP contribution is 2.35. The van der Waals surface area contributed by atoms with Gasteiger partial charge in [-0.15, -0.1) is 0 Å². The maximum Gasteiger partial charge on any atom is 0.222 e. The van der Waals surface area contributed by atoms with Gasteiger partial charge in [-0.3, -0.25) is 0 Å². The zero-order chi connectivity index (χ0) is 20.3. The highest BCUT2D eigenvalue weighted by molar-refractivity contribution is 6.28. The van der Waals surface area contributed by atoms with E-state index < -0.39 is 0 Å². The second-order valence-electron chi connectivity index (χ2n) is 6.76. The Balaban J connectivity index is 1.51. The number of hydrogen-bond acceptors (Lipinski definition) is 4. The average Bonchev–Trinajstić information content (AvgIpc) is 3.18. The van der Waals surface area contributed by atoms with Crippen LogP contribution in [0.25, 0.3) is 28.0 Å². The average molecular weight is 413 g/mol. The lowest BCUT2D eigenvalue weighted by atomic mass is 10.0. The van der Waals surface area contributed by atoms with Crippen molar-refractivity contribution >= 4 is 17.1 Å². The second-order valence-corrected chi connectivity index (χ2v) is 7.10. The summed E-state index contributed by atoms with van der Waals surface area (Å²) >= 11 is 6.05. The molecular weight excluding hydrogens is 396 g/mol. The highest BCUT2D eigenvalue weighted by Gasteiger charge is 2.17. The summed E-state index contributed by atoms with van der Waals surface area (Å²) in [5, 5.41) is 4.99. The molecule has 0 radical (unpaired) electrons. The monoisotopic (exact) mass is 412 g/mol. The second kappa shape index (κ2) is 7.97. The van der Waals surface area contributed by atoms with E-state index in [0.717, 1.165) is 39.3 Å². The first kappa shape index (κ1) is 18.3. The highest BCUT2D eigenvalue weighted by atomic mass is 35.5. The zero-order valence-corrected chi connectivity index (χ0v) is 16.7. The van der Waals surface area contributed by atoms with Crippen LogP contribution in [-0.4, -0.2) is 19.6 Å². The van der Waals surface area contributed by atoms with Gasteiger partial charge in [0.15, 0.2) is 0 Å². The number of aromatic nitrogens is 4. The molecule has 5 nitrogen and oxygen atoms in total. The molecule has 0 spiro atoms. The molecular formula is C24H17ClN4O. The molecule has 0 aliphatic rings. The lowest BCUT2D eigenvalue weighted by molar-refractivity contribution is 0.306. The summed E-state index contributed by atoms with van der Waals surface area (Å²) in [4.78, 5) is 8.41. The number of hydrogen-bond donors (Lipinski definition) is 0. The molecule has 0 unspecified atom stereocenters. The smallest absolute Gasteiger partial charge is 0.222 e. The van der Waals surface area contributed by atoms with E-state index in [2.05, 4.69) is 9.97 Å². The van der Waals surface area contributed by atoms with Crippen LogP contribution in [0.4, 0.5) is 0 Å². The van der Waals surface area contributed by atoms with Crippen LogP contribution in [0.3, 0.4) is 0 Å². The number of rotatable bonds is 5. The summed E-state index contributed by atoms with van der Waals surface area (Å²) < 4.78 is 7.76. The molecule has 30 heavy (non-hydrogen) atoms. The van der Waals surface area contributed by atoms with Crippen LogP contribution in [0, 0.1) is 0 Å². The minimum absolute atomic E-state index is 0.207. The van der Waals surface area contributed by atoms with Crippen molar-refractivity contribution in [3.8, 4) is 28.3 Å². The first-order valence-corrected chi connectivity index (χ1v) is 9.89. The standard InChI is InChI=1S/C24H17ClN4O/c25-24-26-14-13-20(27-24)22-21-8-4-5-15-29(21)28-23(22)18-9-11-19(12-10-18)30-16-17-6-2-1-3-7-17/h1-15H,16H2. The van der Waals surface area contributed by atoms with Crippen molar-refractivity contribution in [2.24, 2.45) is 0 Å². The molecule has 3 heterocycles. The summed E-state index contributed by atoms with van der Waals surface area (Å²) in [6, 6.07) is 25.8. The van der Waals surface area contributed by atoms with Gasteiger partial charge in [0.25, 0.3) is 0 Å². The van der Waals surface area contributed by atoms with Gasteiger partial charge in [-0.05, 0) is 59.6 Å². The normalized spacial score (nSPS) is 11.0. The largest absolute Gasteiger partial charge is 0.489 e. The first-order chi connectivity index (χ1) is 14.8. The number of halogens is 1. The third kappa shape index (κ3) is 3.63. The molecule has 0 bridgehead atoms. The van der Waals surface area contributed by atoms with E-state index in [1.165, 1.54) is 0 Å². The molecule has 6 heteroatoms. The van der Waals surface area contributed by atoms with Gasteiger partial charge >= 0.3 is 0 Å². The minimum Gasteiger partial charge on any atom is -0.489 e. The Labute approximate surface area is 178 Å². The molecule has 0 aliphatic carbocycles. The molecule has 2 aromatic carbocycles. The number of benzene rings is 2. The van der Waals surface area contributed by atoms with Crippen LogP contribution >= 0.6 is 11.6 Å². The van der Waals surface area contributed by atoms with Crippen molar-refractivity contribution < 1.29 is 4.74 Å². The predicted molar refractivity (Wildman–Crippen MR) is 117 cm³/mol. The number of nitrogens with zero attached hydrogens (tertiary/aromatic N) is 4. The van der Waals surface area contributed by atoms with Crippen molar-refractivity contribution in [3.63, 3.8) is 0 Å². The Kier molecular flexibility index (Phi) is 4.87. The molecule has 0 saturated heterocycles. The van der Waals surface area contributed by atoms with Crippen LogP contribution in [0.15, 0.2) is 91.3 Å². The van der Waals surface area contributed by atoms with Crippen molar-refractivity contribution in [3.05, 3.63) is 102 Å². The van der Waals surface area contributed by atoms with E-state index in [1.807, 2.05) is 89.6 Å².